The largest absolute Gasteiger partial charge is 0.443 e. The lowest BCUT2D eigenvalue weighted by molar-refractivity contribution is -0.385. The van der Waals surface area contributed by atoms with Gasteiger partial charge in [0.05, 0.1) is 4.92 Å². The molecular weight excluding hydrogens is 248 g/mol. The zero-order chi connectivity index (χ0) is 13.0. The Morgan fingerprint density at radius 3 is 2.82 bits per heavy atom. The first-order valence-electron chi connectivity index (χ1n) is 4.50. The smallest absolute Gasteiger partial charge is 0.346 e. The third-order valence-corrected chi connectivity index (χ3v) is 2.08. The maximum Gasteiger partial charge on any atom is 0.346 e. The number of rotatable bonds is 3. The van der Waals surface area contributed by atoms with Gasteiger partial charge in [-0.1, -0.05) is 11.6 Å². The fraction of sp³-hybridized carbons (Fsp3) is 0.200. The van der Waals surface area contributed by atoms with Gasteiger partial charge in [-0.25, -0.2) is 4.79 Å². The molecule has 1 atom stereocenters. The fourth-order valence-corrected chi connectivity index (χ4v) is 1.25. The van der Waals surface area contributed by atoms with Crippen LogP contribution in [0.3, 0.4) is 0 Å². The first-order chi connectivity index (χ1) is 7.95. The standard InChI is InChI=1S/C10H7ClN2O4/c1-6(5-12)17-10(14)8-4-7(11)2-3-9(8)13(15)16/h2-4,6H,1H3/t6-/m1/s1. The van der Waals surface area contributed by atoms with Crippen molar-refractivity contribution in [1.82, 2.24) is 0 Å². The van der Waals surface area contributed by atoms with Gasteiger partial charge in [0.2, 0.25) is 0 Å². The second-order valence-electron chi connectivity index (χ2n) is 3.10. The molecule has 0 spiro atoms. The number of nitrogens with zero attached hydrogens (tertiary/aromatic N) is 2. The average Bonchev–Trinajstić information content (AvgIpc) is 2.28. The van der Waals surface area contributed by atoms with E-state index in [1.165, 1.54) is 13.0 Å². The van der Waals surface area contributed by atoms with Crippen molar-refractivity contribution >= 4 is 23.3 Å². The molecule has 1 rings (SSSR count). The van der Waals surface area contributed by atoms with E-state index in [-0.39, 0.29) is 10.6 Å². The Balaban J connectivity index is 3.12. The van der Waals surface area contributed by atoms with Gasteiger partial charge in [-0.15, -0.1) is 0 Å². The van der Waals surface area contributed by atoms with Crippen LogP contribution in [0, 0.1) is 21.4 Å². The molecule has 1 aromatic carbocycles. The van der Waals surface area contributed by atoms with Crippen LogP contribution in [0.25, 0.3) is 0 Å². The highest BCUT2D eigenvalue weighted by molar-refractivity contribution is 6.31. The van der Waals surface area contributed by atoms with Gasteiger partial charge in [-0.05, 0) is 19.1 Å². The molecule has 1 aromatic rings. The molecule has 0 aromatic heterocycles. The van der Waals surface area contributed by atoms with Crippen LogP contribution >= 0.6 is 11.6 Å². The number of nitro benzene ring substituents is 1. The number of ether oxygens (including phenoxy) is 1. The first-order valence-corrected chi connectivity index (χ1v) is 4.88. The van der Waals surface area contributed by atoms with Gasteiger partial charge in [0.15, 0.2) is 6.10 Å². The topological polar surface area (TPSA) is 93.2 Å². The first kappa shape index (κ1) is 12.9. The lowest BCUT2D eigenvalue weighted by Gasteiger charge is -2.06. The van der Waals surface area contributed by atoms with E-state index >= 15 is 0 Å². The zero-order valence-electron chi connectivity index (χ0n) is 8.71. The summed E-state index contributed by atoms with van der Waals surface area (Å²) in [4.78, 5) is 21.5. The fourth-order valence-electron chi connectivity index (χ4n) is 1.08. The molecule has 0 aliphatic carbocycles. The Bertz CT molecular complexity index is 510. The van der Waals surface area contributed by atoms with E-state index < -0.39 is 22.7 Å². The normalized spacial score (nSPS) is 11.4. The Morgan fingerprint density at radius 2 is 2.29 bits per heavy atom. The predicted octanol–water partition coefficient (Wildman–Crippen LogP) is 2.32. The minimum atomic E-state index is -0.985. The van der Waals surface area contributed by atoms with Crippen LogP contribution in [0.2, 0.25) is 5.02 Å². The van der Waals surface area contributed by atoms with E-state index in [1.54, 1.807) is 6.07 Å². The molecule has 0 heterocycles. The van der Waals surface area contributed by atoms with Crippen molar-refractivity contribution in [3.8, 4) is 6.07 Å². The van der Waals surface area contributed by atoms with Crippen LogP contribution in [0.15, 0.2) is 18.2 Å². The second kappa shape index (κ2) is 5.27. The summed E-state index contributed by atoms with van der Waals surface area (Å²) in [7, 11) is 0. The molecule has 0 unspecified atom stereocenters. The molecule has 0 bridgehead atoms. The van der Waals surface area contributed by atoms with Gasteiger partial charge in [-0.3, -0.25) is 10.1 Å². The van der Waals surface area contributed by atoms with Gasteiger partial charge in [0.25, 0.3) is 5.69 Å². The Labute approximate surface area is 102 Å². The molecule has 0 aliphatic rings. The summed E-state index contributed by atoms with van der Waals surface area (Å²) in [5, 5.41) is 19.3. The summed E-state index contributed by atoms with van der Waals surface area (Å²) in [5.41, 5.74) is -0.686. The van der Waals surface area contributed by atoms with E-state index in [0.29, 0.717) is 0 Å². The third-order valence-electron chi connectivity index (χ3n) is 1.84. The number of hydrogen-bond acceptors (Lipinski definition) is 5. The molecule has 0 amide bonds. The third kappa shape index (κ3) is 3.16. The Hall–Kier alpha value is -2.13. The van der Waals surface area contributed by atoms with Crippen LogP contribution in [-0.2, 0) is 4.74 Å². The molecule has 0 saturated heterocycles. The van der Waals surface area contributed by atoms with Crippen LogP contribution in [0.1, 0.15) is 17.3 Å². The number of hydrogen-bond donors (Lipinski definition) is 0. The summed E-state index contributed by atoms with van der Waals surface area (Å²) >= 11 is 5.64. The molecule has 0 saturated carbocycles. The molecule has 0 radical (unpaired) electrons. The molecular formula is C10H7ClN2O4. The number of carbonyl (C=O) groups excluding carboxylic acids is 1. The minimum absolute atomic E-state index is 0.173. The summed E-state index contributed by atoms with van der Waals surface area (Å²) in [6, 6.07) is 5.22. The quantitative estimate of drug-likeness (QED) is 0.469. The Morgan fingerprint density at radius 1 is 1.65 bits per heavy atom. The molecule has 17 heavy (non-hydrogen) atoms. The summed E-state index contributed by atoms with van der Waals surface area (Å²) in [6.45, 7) is 1.36. The number of nitro groups is 1. The van der Waals surface area contributed by atoms with Gasteiger partial charge in [-0.2, -0.15) is 5.26 Å². The van der Waals surface area contributed by atoms with Crippen molar-refractivity contribution in [3.05, 3.63) is 38.9 Å². The molecule has 0 fully saturated rings. The maximum atomic E-state index is 11.6. The van der Waals surface area contributed by atoms with Gasteiger partial charge >= 0.3 is 5.97 Å². The van der Waals surface area contributed by atoms with Gasteiger partial charge in [0, 0.05) is 11.1 Å². The molecule has 0 N–H and O–H groups in total. The number of halogens is 1. The summed E-state index contributed by atoms with van der Waals surface area (Å²) < 4.78 is 4.67. The molecule has 7 heteroatoms. The van der Waals surface area contributed by atoms with Crippen molar-refractivity contribution in [1.29, 1.82) is 5.26 Å². The Kier molecular flexibility index (Phi) is 4.01. The molecule has 0 aliphatic heterocycles. The second-order valence-corrected chi connectivity index (χ2v) is 3.53. The van der Waals surface area contributed by atoms with Gasteiger partial charge in [0.1, 0.15) is 11.6 Å². The summed E-state index contributed by atoms with van der Waals surface area (Å²) in [5.74, 6) is -0.951. The number of carbonyl (C=O) groups is 1. The average molecular weight is 255 g/mol. The summed E-state index contributed by atoms with van der Waals surface area (Å²) in [6.07, 6.45) is -0.985. The lowest BCUT2D eigenvalue weighted by Crippen LogP contribution is -2.14. The minimum Gasteiger partial charge on any atom is -0.443 e. The van der Waals surface area contributed by atoms with E-state index in [0.717, 1.165) is 12.1 Å². The van der Waals surface area contributed by atoms with Crippen LogP contribution in [-0.4, -0.2) is 17.0 Å². The van der Waals surface area contributed by atoms with E-state index in [1.807, 2.05) is 0 Å². The monoisotopic (exact) mass is 254 g/mol. The predicted molar refractivity (Wildman–Crippen MR) is 58.6 cm³/mol. The van der Waals surface area contributed by atoms with Crippen molar-refractivity contribution in [2.45, 2.75) is 13.0 Å². The maximum absolute atomic E-state index is 11.6. The SMILES string of the molecule is C[C@H](C#N)OC(=O)c1cc(Cl)ccc1[N+](=O)[O-]. The highest BCUT2D eigenvalue weighted by atomic mass is 35.5. The lowest BCUT2D eigenvalue weighted by atomic mass is 10.2. The molecule has 6 nitrogen and oxygen atoms in total. The van der Waals surface area contributed by atoms with E-state index in [2.05, 4.69) is 4.74 Å². The van der Waals surface area contributed by atoms with Crippen molar-refractivity contribution < 1.29 is 14.5 Å². The van der Waals surface area contributed by atoms with Crippen molar-refractivity contribution in [2.24, 2.45) is 0 Å². The van der Waals surface area contributed by atoms with Crippen molar-refractivity contribution in [3.63, 3.8) is 0 Å². The number of nitriles is 1. The number of benzene rings is 1. The molecule has 88 valence electrons. The van der Waals surface area contributed by atoms with Gasteiger partial charge < -0.3 is 4.74 Å². The number of esters is 1. The van der Waals surface area contributed by atoms with Crippen LogP contribution < -0.4 is 0 Å². The highest BCUT2D eigenvalue weighted by Gasteiger charge is 2.23. The van der Waals surface area contributed by atoms with Crippen LogP contribution in [0.4, 0.5) is 5.69 Å². The van der Waals surface area contributed by atoms with Crippen LogP contribution in [0.5, 0.6) is 0 Å². The van der Waals surface area contributed by atoms with Crippen molar-refractivity contribution in [2.75, 3.05) is 0 Å². The zero-order valence-corrected chi connectivity index (χ0v) is 9.47. The van der Waals surface area contributed by atoms with E-state index in [9.17, 15) is 14.9 Å². The highest BCUT2D eigenvalue weighted by Crippen LogP contribution is 2.23. The van der Waals surface area contributed by atoms with E-state index in [4.69, 9.17) is 16.9 Å².